The number of amides is 1. The molecule has 3 heterocycles. The van der Waals surface area contributed by atoms with Crippen LogP contribution in [0.2, 0.25) is 0 Å². The van der Waals surface area contributed by atoms with Gasteiger partial charge < -0.3 is 10.5 Å². The van der Waals surface area contributed by atoms with Crippen molar-refractivity contribution in [3.8, 4) is 11.6 Å². The first-order valence-corrected chi connectivity index (χ1v) is 12.9. The lowest BCUT2D eigenvalue weighted by Crippen LogP contribution is -2.31. The Labute approximate surface area is 231 Å². The average Bonchev–Trinajstić information content (AvgIpc) is 3.56. The number of nitrogens with one attached hydrogen (secondary N) is 1. The Balaban J connectivity index is 1.37. The normalized spacial score (nSPS) is 14.0. The van der Waals surface area contributed by atoms with E-state index in [-0.39, 0.29) is 23.1 Å². The van der Waals surface area contributed by atoms with Gasteiger partial charge in [0, 0.05) is 16.6 Å². The van der Waals surface area contributed by atoms with E-state index in [0.29, 0.717) is 27.8 Å². The van der Waals surface area contributed by atoms with Gasteiger partial charge in [-0.3, -0.25) is 9.69 Å². The molecule has 14 heteroatoms. The van der Waals surface area contributed by atoms with Crippen LogP contribution in [0, 0.1) is 0 Å². The van der Waals surface area contributed by atoms with Gasteiger partial charge in [-0.25, -0.2) is 14.8 Å². The van der Waals surface area contributed by atoms with E-state index in [2.05, 4.69) is 56.6 Å². The van der Waals surface area contributed by atoms with Gasteiger partial charge in [0.1, 0.15) is 11.4 Å². The molecule has 39 heavy (non-hydrogen) atoms. The highest BCUT2D eigenvalue weighted by molar-refractivity contribution is 9.10. The van der Waals surface area contributed by atoms with Crippen molar-refractivity contribution in [2.45, 2.75) is 25.8 Å². The van der Waals surface area contributed by atoms with Crippen LogP contribution in [0.15, 0.2) is 62.7 Å². The molecule has 200 valence electrons. The molecule has 2 aromatic heterocycles. The van der Waals surface area contributed by atoms with Crippen molar-refractivity contribution in [2.24, 2.45) is 5.10 Å². The van der Waals surface area contributed by atoms with Crippen molar-refractivity contribution in [3.05, 3.63) is 75.5 Å². The molecule has 1 aliphatic rings. The maximum atomic E-state index is 13.3. The number of carbonyl (C=O) groups excluding carboxylic acids is 2. The number of esters is 1. The SMILES string of the molecule is Nc1nonc1-n1nnc(CN2CCCCC2)c1C(=O)N/N=C\c1ccc(Br)cc1OC(=O)c1ccccc1. The first kappa shape index (κ1) is 26.2. The Morgan fingerprint density at radius 3 is 2.67 bits per heavy atom. The summed E-state index contributed by atoms with van der Waals surface area (Å²) in [5.41, 5.74) is 9.76. The third kappa shape index (κ3) is 6.18. The predicted molar refractivity (Wildman–Crippen MR) is 143 cm³/mol. The van der Waals surface area contributed by atoms with Crippen LogP contribution in [-0.4, -0.2) is 61.4 Å². The number of likely N-dealkylation sites (tertiary alicyclic amines) is 1. The van der Waals surface area contributed by atoms with Crippen molar-refractivity contribution in [1.82, 2.24) is 35.6 Å². The number of carbonyl (C=O) groups is 2. The van der Waals surface area contributed by atoms with Gasteiger partial charge in [-0.15, -0.1) is 5.10 Å². The summed E-state index contributed by atoms with van der Waals surface area (Å²) < 4.78 is 12.2. The summed E-state index contributed by atoms with van der Waals surface area (Å²) in [6.07, 6.45) is 4.70. The van der Waals surface area contributed by atoms with Crippen LogP contribution >= 0.6 is 15.9 Å². The van der Waals surface area contributed by atoms with E-state index in [4.69, 9.17) is 10.5 Å². The molecular weight excluding hydrogens is 570 g/mol. The number of hydrogen-bond donors (Lipinski definition) is 2. The third-order valence-corrected chi connectivity index (χ3v) is 6.52. The maximum Gasteiger partial charge on any atom is 0.343 e. The van der Waals surface area contributed by atoms with Crippen LogP contribution in [0.25, 0.3) is 5.82 Å². The zero-order valence-electron chi connectivity index (χ0n) is 20.7. The Kier molecular flexibility index (Phi) is 8.03. The molecule has 2 aromatic carbocycles. The second kappa shape index (κ2) is 12.0. The Bertz CT molecular complexity index is 1500. The minimum Gasteiger partial charge on any atom is -0.422 e. The lowest BCUT2D eigenvalue weighted by atomic mass is 10.1. The van der Waals surface area contributed by atoms with E-state index in [1.807, 2.05) is 6.07 Å². The minimum absolute atomic E-state index is 0.0401. The van der Waals surface area contributed by atoms with Crippen molar-refractivity contribution < 1.29 is 19.0 Å². The summed E-state index contributed by atoms with van der Waals surface area (Å²) in [5.74, 6) is -0.851. The van der Waals surface area contributed by atoms with Gasteiger partial charge in [-0.2, -0.15) is 9.78 Å². The van der Waals surface area contributed by atoms with Gasteiger partial charge in [-0.1, -0.05) is 45.8 Å². The second-order valence-electron chi connectivity index (χ2n) is 8.74. The molecule has 1 fully saturated rings. The Hall–Kier alpha value is -4.43. The van der Waals surface area contributed by atoms with Gasteiger partial charge in [0.2, 0.25) is 11.6 Å². The van der Waals surface area contributed by atoms with Crippen molar-refractivity contribution in [3.63, 3.8) is 0 Å². The molecule has 0 saturated carbocycles. The third-order valence-electron chi connectivity index (χ3n) is 6.03. The fraction of sp³-hybridized carbons (Fsp3) is 0.240. The fourth-order valence-electron chi connectivity index (χ4n) is 4.11. The zero-order valence-corrected chi connectivity index (χ0v) is 22.2. The summed E-state index contributed by atoms with van der Waals surface area (Å²) >= 11 is 3.39. The van der Waals surface area contributed by atoms with E-state index in [9.17, 15) is 9.59 Å². The van der Waals surface area contributed by atoms with Crippen LogP contribution in [0.3, 0.4) is 0 Å². The molecule has 13 nitrogen and oxygen atoms in total. The summed E-state index contributed by atoms with van der Waals surface area (Å²) in [6, 6.07) is 13.7. The number of nitrogens with two attached hydrogens (primary N) is 1. The highest BCUT2D eigenvalue weighted by atomic mass is 79.9. The molecule has 1 aliphatic heterocycles. The van der Waals surface area contributed by atoms with Crippen LogP contribution in [0.4, 0.5) is 5.82 Å². The summed E-state index contributed by atoms with van der Waals surface area (Å²) in [5, 5.41) is 19.7. The first-order chi connectivity index (χ1) is 19.0. The lowest BCUT2D eigenvalue weighted by Gasteiger charge is -2.25. The molecular formula is C25H24BrN9O4. The summed E-state index contributed by atoms with van der Waals surface area (Å²) in [4.78, 5) is 28.1. The van der Waals surface area contributed by atoms with Gasteiger partial charge in [-0.05, 0) is 66.6 Å². The lowest BCUT2D eigenvalue weighted by molar-refractivity contribution is 0.0734. The quantitative estimate of drug-likeness (QED) is 0.134. The predicted octanol–water partition coefficient (Wildman–Crippen LogP) is 2.96. The number of rotatable bonds is 8. The smallest absolute Gasteiger partial charge is 0.343 e. The van der Waals surface area contributed by atoms with Gasteiger partial charge in [0.15, 0.2) is 5.69 Å². The van der Waals surface area contributed by atoms with Crippen molar-refractivity contribution in [1.29, 1.82) is 0 Å². The molecule has 1 saturated heterocycles. The van der Waals surface area contributed by atoms with E-state index in [1.54, 1.807) is 42.5 Å². The van der Waals surface area contributed by atoms with Crippen LogP contribution in [-0.2, 0) is 6.54 Å². The van der Waals surface area contributed by atoms with Crippen LogP contribution < -0.4 is 15.9 Å². The number of piperidine rings is 1. The van der Waals surface area contributed by atoms with E-state index >= 15 is 0 Å². The molecule has 0 bridgehead atoms. The number of ether oxygens (including phenoxy) is 1. The topological polar surface area (TPSA) is 167 Å². The number of nitrogen functional groups attached to an aromatic ring is 1. The monoisotopic (exact) mass is 593 g/mol. The Morgan fingerprint density at radius 1 is 1.13 bits per heavy atom. The molecule has 0 radical (unpaired) electrons. The molecule has 0 atom stereocenters. The highest BCUT2D eigenvalue weighted by Gasteiger charge is 2.26. The Morgan fingerprint density at radius 2 is 1.92 bits per heavy atom. The number of nitrogens with zero attached hydrogens (tertiary/aromatic N) is 7. The largest absolute Gasteiger partial charge is 0.422 e. The summed E-state index contributed by atoms with van der Waals surface area (Å²) in [7, 11) is 0. The van der Waals surface area contributed by atoms with Gasteiger partial charge >= 0.3 is 5.97 Å². The standard InChI is InChI=1S/C25H24BrN9O4/c26-18-10-9-17(20(13-18)38-25(37)16-7-3-1-4-8-16)14-28-30-24(36)21-19(15-34-11-5-2-6-12-34)29-33-35(21)23-22(27)31-39-32-23/h1,3-4,7-10,13-14H,2,5-6,11-12,15H2,(H2,27,31)(H,30,36)/b28-14-. The molecule has 4 aromatic rings. The first-order valence-electron chi connectivity index (χ1n) is 12.1. The van der Waals surface area contributed by atoms with Crippen molar-refractivity contribution >= 4 is 39.8 Å². The number of hydrogen-bond acceptors (Lipinski definition) is 11. The summed E-state index contributed by atoms with van der Waals surface area (Å²) in [6.45, 7) is 2.21. The molecule has 0 spiro atoms. The fourth-order valence-corrected chi connectivity index (χ4v) is 4.45. The minimum atomic E-state index is -0.592. The maximum absolute atomic E-state index is 13.3. The zero-order chi connectivity index (χ0) is 27.2. The van der Waals surface area contributed by atoms with Gasteiger partial charge in [0.05, 0.1) is 11.8 Å². The molecule has 5 rings (SSSR count). The molecule has 1 amide bonds. The number of aromatic nitrogens is 5. The molecule has 3 N–H and O–H groups in total. The highest BCUT2D eigenvalue weighted by Crippen LogP contribution is 2.24. The number of anilines is 1. The average molecular weight is 594 g/mol. The van der Waals surface area contributed by atoms with E-state index in [1.165, 1.54) is 17.3 Å². The van der Waals surface area contributed by atoms with Crippen molar-refractivity contribution in [2.75, 3.05) is 18.8 Å². The van der Waals surface area contributed by atoms with E-state index in [0.717, 1.165) is 25.9 Å². The van der Waals surface area contributed by atoms with Crippen LogP contribution in [0.1, 0.15) is 51.4 Å². The van der Waals surface area contributed by atoms with E-state index < -0.39 is 11.9 Å². The molecule has 0 unspecified atom stereocenters. The second-order valence-corrected chi connectivity index (χ2v) is 9.66. The number of hydrazone groups is 1. The van der Waals surface area contributed by atoms with Crippen LogP contribution in [0.5, 0.6) is 5.75 Å². The number of halogens is 1. The number of benzene rings is 2. The molecule has 0 aliphatic carbocycles. The van der Waals surface area contributed by atoms with Gasteiger partial charge in [0.25, 0.3) is 5.91 Å².